The molecule has 0 unspecified atom stereocenters. The van der Waals surface area contributed by atoms with Crippen molar-refractivity contribution in [3.63, 3.8) is 0 Å². The van der Waals surface area contributed by atoms with Crippen molar-refractivity contribution in [2.75, 3.05) is 46.3 Å². The third-order valence-electron chi connectivity index (χ3n) is 3.46. The SMILES string of the molecule is C[C@@H]1CN(C)CCN1CCC(=O)N(CC#N)CC#N. The van der Waals surface area contributed by atoms with E-state index in [4.69, 9.17) is 10.5 Å². The summed E-state index contributed by atoms with van der Waals surface area (Å²) in [6.07, 6.45) is 0.372. The predicted molar refractivity (Wildman–Crippen MR) is 71.0 cm³/mol. The number of carbonyl (C=O) groups is 1. The fourth-order valence-corrected chi connectivity index (χ4v) is 2.31. The lowest BCUT2D eigenvalue weighted by Gasteiger charge is -2.38. The normalized spacial score (nSPS) is 20.5. The lowest BCUT2D eigenvalue weighted by atomic mass is 10.2. The number of hydrogen-bond acceptors (Lipinski definition) is 5. The van der Waals surface area contributed by atoms with Crippen LogP contribution in [0.15, 0.2) is 0 Å². The largest absolute Gasteiger partial charge is 0.316 e. The van der Waals surface area contributed by atoms with E-state index in [9.17, 15) is 4.79 Å². The van der Waals surface area contributed by atoms with Gasteiger partial charge in [-0.3, -0.25) is 9.69 Å². The van der Waals surface area contributed by atoms with Crippen LogP contribution in [0.5, 0.6) is 0 Å². The van der Waals surface area contributed by atoms with E-state index >= 15 is 0 Å². The number of amides is 1. The first kappa shape index (κ1) is 15.4. The Labute approximate surface area is 114 Å². The highest BCUT2D eigenvalue weighted by Gasteiger charge is 2.22. The zero-order valence-corrected chi connectivity index (χ0v) is 11.7. The molecule has 6 heteroatoms. The summed E-state index contributed by atoms with van der Waals surface area (Å²) in [6.45, 7) is 5.81. The molecule has 1 rings (SSSR count). The molecule has 1 aliphatic rings. The van der Waals surface area contributed by atoms with Crippen LogP contribution in [-0.4, -0.2) is 73.0 Å². The zero-order chi connectivity index (χ0) is 14.3. The standard InChI is InChI=1S/C13H21N5O/c1-12-11-16(2)9-10-17(12)6-3-13(19)18(7-4-14)8-5-15/h12H,3,6-11H2,1-2H3/t12-/m1/s1. The summed E-state index contributed by atoms with van der Waals surface area (Å²) in [4.78, 5) is 17.8. The van der Waals surface area contributed by atoms with Crippen LogP contribution in [-0.2, 0) is 4.79 Å². The minimum Gasteiger partial charge on any atom is -0.316 e. The van der Waals surface area contributed by atoms with Gasteiger partial charge in [0, 0.05) is 38.6 Å². The van der Waals surface area contributed by atoms with E-state index in [1.807, 2.05) is 12.1 Å². The summed E-state index contributed by atoms with van der Waals surface area (Å²) in [5, 5.41) is 17.3. The lowest BCUT2D eigenvalue weighted by Crippen LogP contribution is -2.51. The monoisotopic (exact) mass is 263 g/mol. The summed E-state index contributed by atoms with van der Waals surface area (Å²) >= 11 is 0. The molecule has 0 aliphatic carbocycles. The molecule has 0 aromatic heterocycles. The molecule has 0 bridgehead atoms. The van der Waals surface area contributed by atoms with Crippen molar-refractivity contribution in [3.05, 3.63) is 0 Å². The quantitative estimate of drug-likeness (QED) is 0.647. The van der Waals surface area contributed by atoms with Gasteiger partial charge >= 0.3 is 0 Å². The molecule has 1 amide bonds. The molecular weight excluding hydrogens is 242 g/mol. The molecule has 0 saturated carbocycles. The first-order valence-electron chi connectivity index (χ1n) is 6.52. The number of rotatable bonds is 5. The Bertz CT molecular complexity index is 367. The minimum absolute atomic E-state index is 0.00924. The zero-order valence-electron chi connectivity index (χ0n) is 11.7. The number of likely N-dealkylation sites (N-methyl/N-ethyl adjacent to an activating group) is 1. The fourth-order valence-electron chi connectivity index (χ4n) is 2.31. The third kappa shape index (κ3) is 4.86. The molecule has 0 N–H and O–H groups in total. The van der Waals surface area contributed by atoms with Crippen LogP contribution < -0.4 is 0 Å². The van der Waals surface area contributed by atoms with E-state index < -0.39 is 0 Å². The van der Waals surface area contributed by atoms with E-state index in [0.29, 0.717) is 19.0 Å². The topological polar surface area (TPSA) is 74.4 Å². The predicted octanol–water partition coefficient (Wildman–Crippen LogP) is -0.112. The Hall–Kier alpha value is -1.63. The van der Waals surface area contributed by atoms with Gasteiger partial charge < -0.3 is 9.80 Å². The van der Waals surface area contributed by atoms with E-state index in [-0.39, 0.29) is 19.0 Å². The van der Waals surface area contributed by atoms with Crippen LogP contribution in [0.3, 0.4) is 0 Å². The Morgan fingerprint density at radius 1 is 1.32 bits per heavy atom. The summed E-state index contributed by atoms with van der Waals surface area (Å²) in [6, 6.07) is 4.28. The van der Waals surface area contributed by atoms with Crippen molar-refractivity contribution < 1.29 is 4.79 Å². The van der Waals surface area contributed by atoms with Crippen LogP contribution in [0.2, 0.25) is 0 Å². The molecule has 0 spiro atoms. The van der Waals surface area contributed by atoms with Crippen molar-refractivity contribution in [1.29, 1.82) is 10.5 Å². The molecular formula is C13H21N5O. The van der Waals surface area contributed by atoms with Gasteiger partial charge in [0.05, 0.1) is 12.1 Å². The average molecular weight is 263 g/mol. The van der Waals surface area contributed by atoms with Gasteiger partial charge in [-0.25, -0.2) is 0 Å². The Kier molecular flexibility index (Phi) is 6.27. The number of piperazine rings is 1. The second-order valence-electron chi connectivity index (χ2n) is 4.96. The molecule has 6 nitrogen and oxygen atoms in total. The van der Waals surface area contributed by atoms with Crippen molar-refractivity contribution in [3.8, 4) is 12.1 Å². The molecule has 1 aliphatic heterocycles. The molecule has 1 saturated heterocycles. The fraction of sp³-hybridized carbons (Fsp3) is 0.769. The summed E-state index contributed by atoms with van der Waals surface area (Å²) < 4.78 is 0. The molecule has 1 fully saturated rings. The minimum atomic E-state index is -0.116. The Morgan fingerprint density at radius 2 is 1.95 bits per heavy atom. The van der Waals surface area contributed by atoms with Gasteiger partial charge in [0.1, 0.15) is 13.1 Å². The Morgan fingerprint density at radius 3 is 2.47 bits per heavy atom. The van der Waals surface area contributed by atoms with Gasteiger partial charge in [0.15, 0.2) is 0 Å². The summed E-state index contributed by atoms with van der Waals surface area (Å²) in [5.41, 5.74) is 0. The van der Waals surface area contributed by atoms with E-state index in [1.165, 1.54) is 4.90 Å². The van der Waals surface area contributed by atoms with Crippen molar-refractivity contribution in [2.24, 2.45) is 0 Å². The molecule has 19 heavy (non-hydrogen) atoms. The highest BCUT2D eigenvalue weighted by Crippen LogP contribution is 2.08. The molecule has 104 valence electrons. The van der Waals surface area contributed by atoms with Gasteiger partial charge in [-0.1, -0.05) is 0 Å². The number of carbonyl (C=O) groups excluding carboxylic acids is 1. The van der Waals surface area contributed by atoms with E-state index in [1.54, 1.807) is 0 Å². The van der Waals surface area contributed by atoms with Crippen LogP contribution >= 0.6 is 0 Å². The van der Waals surface area contributed by atoms with E-state index in [2.05, 4.69) is 23.8 Å². The van der Waals surface area contributed by atoms with Gasteiger partial charge in [-0.15, -0.1) is 0 Å². The van der Waals surface area contributed by atoms with E-state index in [0.717, 1.165) is 19.6 Å². The lowest BCUT2D eigenvalue weighted by molar-refractivity contribution is -0.130. The van der Waals surface area contributed by atoms with Crippen LogP contribution in [0.1, 0.15) is 13.3 Å². The van der Waals surface area contributed by atoms with Crippen LogP contribution in [0.25, 0.3) is 0 Å². The molecule has 1 atom stereocenters. The van der Waals surface area contributed by atoms with Crippen LogP contribution in [0.4, 0.5) is 0 Å². The number of hydrogen-bond donors (Lipinski definition) is 0. The second kappa shape index (κ2) is 7.73. The third-order valence-corrected chi connectivity index (χ3v) is 3.46. The molecule has 0 aromatic rings. The molecule has 0 aromatic carbocycles. The number of nitriles is 2. The van der Waals surface area contributed by atoms with Gasteiger partial charge in [-0.2, -0.15) is 10.5 Å². The first-order valence-corrected chi connectivity index (χ1v) is 6.52. The van der Waals surface area contributed by atoms with Crippen molar-refractivity contribution >= 4 is 5.91 Å². The second-order valence-corrected chi connectivity index (χ2v) is 4.96. The number of nitrogens with zero attached hydrogens (tertiary/aromatic N) is 5. The summed E-state index contributed by atoms with van der Waals surface area (Å²) in [5.74, 6) is -0.116. The summed E-state index contributed by atoms with van der Waals surface area (Å²) in [7, 11) is 2.10. The maximum absolute atomic E-state index is 11.9. The maximum atomic E-state index is 11.9. The first-order chi connectivity index (χ1) is 9.08. The average Bonchev–Trinajstić information content (AvgIpc) is 2.37. The van der Waals surface area contributed by atoms with Gasteiger partial charge in [0.2, 0.25) is 5.91 Å². The molecule has 0 radical (unpaired) electrons. The Balaban J connectivity index is 2.41. The highest BCUT2D eigenvalue weighted by atomic mass is 16.2. The van der Waals surface area contributed by atoms with Crippen LogP contribution in [0, 0.1) is 22.7 Å². The van der Waals surface area contributed by atoms with Gasteiger partial charge in [-0.05, 0) is 14.0 Å². The highest BCUT2D eigenvalue weighted by molar-refractivity contribution is 5.76. The smallest absolute Gasteiger partial charge is 0.225 e. The van der Waals surface area contributed by atoms with Crippen molar-refractivity contribution in [2.45, 2.75) is 19.4 Å². The molecule has 1 heterocycles. The maximum Gasteiger partial charge on any atom is 0.225 e. The van der Waals surface area contributed by atoms with Crippen molar-refractivity contribution in [1.82, 2.24) is 14.7 Å². The van der Waals surface area contributed by atoms with Gasteiger partial charge in [0.25, 0.3) is 0 Å².